The highest BCUT2D eigenvalue weighted by atomic mass is 19.1. The summed E-state index contributed by atoms with van der Waals surface area (Å²) in [6, 6.07) is 4.41. The van der Waals surface area contributed by atoms with Crippen molar-refractivity contribution in [3.8, 4) is 0 Å². The summed E-state index contributed by atoms with van der Waals surface area (Å²) in [5, 5.41) is 15.9. The van der Waals surface area contributed by atoms with Crippen molar-refractivity contribution in [2.24, 2.45) is 11.8 Å². The van der Waals surface area contributed by atoms with Gasteiger partial charge in [0.25, 0.3) is 6.47 Å². The van der Waals surface area contributed by atoms with E-state index in [0.29, 0.717) is 25.0 Å². The smallest absolute Gasteiger partial charge is 0.338 e. The van der Waals surface area contributed by atoms with Crippen LogP contribution in [0.3, 0.4) is 0 Å². The first-order valence-corrected chi connectivity index (χ1v) is 9.01. The molecule has 1 unspecified atom stereocenters. The molecule has 0 radical (unpaired) electrons. The molecule has 1 atom stereocenters. The average Bonchev–Trinajstić information content (AvgIpc) is 2.89. The molecule has 8 heteroatoms. The van der Waals surface area contributed by atoms with E-state index in [0.717, 1.165) is 51.3 Å². The van der Waals surface area contributed by atoms with Crippen LogP contribution in [0.25, 0.3) is 0 Å². The first-order valence-electron chi connectivity index (χ1n) is 9.01. The van der Waals surface area contributed by atoms with E-state index in [4.69, 9.17) is 24.5 Å². The molecule has 2 fully saturated rings. The Hall–Kier alpha value is -2.03. The van der Waals surface area contributed by atoms with Crippen LogP contribution in [-0.4, -0.2) is 73.6 Å². The van der Waals surface area contributed by atoms with Gasteiger partial charge < -0.3 is 24.6 Å². The molecule has 0 amide bonds. The van der Waals surface area contributed by atoms with Gasteiger partial charge in [-0.2, -0.15) is 0 Å². The molecule has 2 N–H and O–H groups in total. The number of likely N-dealkylation sites (tertiary alicyclic amines) is 1. The summed E-state index contributed by atoms with van der Waals surface area (Å²) in [6.07, 6.45) is 1.86. The van der Waals surface area contributed by atoms with Crippen LogP contribution in [0.15, 0.2) is 18.2 Å². The number of rotatable bonds is 5. The van der Waals surface area contributed by atoms with Crippen LogP contribution in [0.5, 0.6) is 0 Å². The zero-order valence-electron chi connectivity index (χ0n) is 15.2. The molecular weight excluding hydrogens is 357 g/mol. The van der Waals surface area contributed by atoms with Gasteiger partial charge in [-0.1, -0.05) is 6.07 Å². The largest absolute Gasteiger partial charge is 0.483 e. The molecule has 3 rings (SSSR count). The highest BCUT2D eigenvalue weighted by Crippen LogP contribution is 2.23. The van der Waals surface area contributed by atoms with Crippen molar-refractivity contribution in [3.63, 3.8) is 0 Å². The molecule has 2 aliphatic rings. The van der Waals surface area contributed by atoms with E-state index in [1.165, 1.54) is 12.1 Å². The minimum atomic E-state index is -1.21. The van der Waals surface area contributed by atoms with Crippen LogP contribution in [0, 0.1) is 17.7 Å². The maximum Gasteiger partial charge on any atom is 0.338 e. The lowest BCUT2D eigenvalue weighted by Crippen LogP contribution is -2.31. The summed E-state index contributed by atoms with van der Waals surface area (Å²) in [7, 11) is 0. The van der Waals surface area contributed by atoms with Crippen LogP contribution < -0.4 is 0 Å². The molecular formula is C19H26FNO6. The lowest BCUT2D eigenvalue weighted by atomic mass is 9.97. The summed E-state index contributed by atoms with van der Waals surface area (Å²) in [4.78, 5) is 21.8. The topological polar surface area (TPSA) is 96.3 Å². The van der Waals surface area contributed by atoms with E-state index in [1.807, 2.05) is 0 Å². The second-order valence-corrected chi connectivity index (χ2v) is 6.86. The van der Waals surface area contributed by atoms with Crippen molar-refractivity contribution in [1.29, 1.82) is 0 Å². The van der Waals surface area contributed by atoms with E-state index >= 15 is 0 Å². The number of carboxylic acid groups (broad SMARTS) is 2. The van der Waals surface area contributed by atoms with Crippen molar-refractivity contribution in [2.75, 3.05) is 46.1 Å². The third-order valence-electron chi connectivity index (χ3n) is 4.75. The van der Waals surface area contributed by atoms with Gasteiger partial charge in [0, 0.05) is 19.0 Å². The average molecular weight is 383 g/mol. The van der Waals surface area contributed by atoms with Crippen molar-refractivity contribution in [2.45, 2.75) is 12.8 Å². The number of carbonyl (C=O) groups is 2. The van der Waals surface area contributed by atoms with Gasteiger partial charge in [-0.25, -0.2) is 9.18 Å². The van der Waals surface area contributed by atoms with Gasteiger partial charge in [-0.15, -0.1) is 0 Å². The van der Waals surface area contributed by atoms with Crippen LogP contribution in [0.1, 0.15) is 22.3 Å². The number of carboxylic acids is 1. The van der Waals surface area contributed by atoms with Crippen LogP contribution in [-0.2, 0) is 20.7 Å². The van der Waals surface area contributed by atoms with Gasteiger partial charge in [0.2, 0.25) is 0 Å². The van der Waals surface area contributed by atoms with Crippen LogP contribution in [0.4, 0.5) is 4.39 Å². The maximum atomic E-state index is 13.5. The quantitative estimate of drug-likeness (QED) is 0.748. The van der Waals surface area contributed by atoms with Gasteiger partial charge in [-0.3, -0.25) is 4.79 Å². The molecule has 0 aliphatic carbocycles. The third kappa shape index (κ3) is 6.89. The van der Waals surface area contributed by atoms with Gasteiger partial charge in [0.1, 0.15) is 5.82 Å². The zero-order valence-corrected chi connectivity index (χ0v) is 15.2. The van der Waals surface area contributed by atoms with Gasteiger partial charge >= 0.3 is 5.97 Å². The fourth-order valence-corrected chi connectivity index (χ4v) is 3.58. The van der Waals surface area contributed by atoms with Crippen LogP contribution in [0.2, 0.25) is 0 Å². The summed E-state index contributed by atoms with van der Waals surface area (Å²) < 4.78 is 24.6. The fourth-order valence-electron chi connectivity index (χ4n) is 3.58. The van der Waals surface area contributed by atoms with E-state index < -0.39 is 11.8 Å². The molecule has 150 valence electrons. The molecule has 0 spiro atoms. The Morgan fingerprint density at radius 3 is 2.56 bits per heavy atom. The number of hydrogen-bond acceptors (Lipinski definition) is 5. The van der Waals surface area contributed by atoms with E-state index in [-0.39, 0.29) is 12.0 Å². The predicted molar refractivity (Wildman–Crippen MR) is 95.4 cm³/mol. The highest BCUT2D eigenvalue weighted by molar-refractivity contribution is 5.88. The molecule has 0 bridgehead atoms. The second-order valence-electron chi connectivity index (χ2n) is 6.86. The summed E-state index contributed by atoms with van der Waals surface area (Å²) in [6.45, 7) is 5.60. The second kappa shape index (κ2) is 11.0. The number of aromatic carboxylic acids is 1. The molecule has 2 saturated heterocycles. The summed E-state index contributed by atoms with van der Waals surface area (Å²) >= 11 is 0. The normalized spacial score (nSPS) is 21.1. The molecule has 27 heavy (non-hydrogen) atoms. The fraction of sp³-hybridized carbons (Fsp3) is 0.579. The lowest BCUT2D eigenvalue weighted by molar-refractivity contribution is -0.122. The maximum absolute atomic E-state index is 13.5. The van der Waals surface area contributed by atoms with E-state index in [1.54, 1.807) is 6.07 Å². The SMILES string of the molecule is O=C(O)c1cc(CC2CCN(CC3COCCOC3)C2)ccc1F.O=CO. The molecule has 2 heterocycles. The summed E-state index contributed by atoms with van der Waals surface area (Å²) in [5.74, 6) is -0.996. The first-order chi connectivity index (χ1) is 13.0. The predicted octanol–water partition coefficient (Wildman–Crippen LogP) is 1.75. The minimum Gasteiger partial charge on any atom is -0.483 e. The molecule has 7 nitrogen and oxygen atoms in total. The molecule has 1 aromatic rings. The van der Waals surface area contributed by atoms with Gasteiger partial charge in [0.15, 0.2) is 0 Å². The Labute approximate surface area is 157 Å². The lowest BCUT2D eigenvalue weighted by Gasteiger charge is -2.22. The number of halogens is 1. The molecule has 0 saturated carbocycles. The standard InChI is InChI=1S/C18H24FNO4.CH2O2/c19-17-2-1-13(8-16(17)18(21)22)7-14-3-4-20(9-14)10-15-11-23-5-6-24-12-15;2-1-3/h1-2,8,14-15H,3-7,9-12H2,(H,21,22);1H,(H,2,3). The number of benzene rings is 1. The zero-order chi connectivity index (χ0) is 19.6. The molecule has 0 aromatic heterocycles. The number of nitrogens with zero attached hydrogens (tertiary/aromatic N) is 1. The molecule has 2 aliphatic heterocycles. The molecule has 1 aromatic carbocycles. The van der Waals surface area contributed by atoms with Crippen LogP contribution >= 0.6 is 0 Å². The van der Waals surface area contributed by atoms with Crippen molar-refractivity contribution >= 4 is 12.4 Å². The highest BCUT2D eigenvalue weighted by Gasteiger charge is 2.26. The monoisotopic (exact) mass is 383 g/mol. The van der Waals surface area contributed by atoms with Gasteiger partial charge in [-0.05, 0) is 43.0 Å². The Bertz CT molecular complexity index is 618. The Morgan fingerprint density at radius 2 is 1.93 bits per heavy atom. The third-order valence-corrected chi connectivity index (χ3v) is 4.75. The Morgan fingerprint density at radius 1 is 1.26 bits per heavy atom. The Balaban J connectivity index is 0.000000817. The van der Waals surface area contributed by atoms with E-state index in [9.17, 15) is 9.18 Å². The summed E-state index contributed by atoms with van der Waals surface area (Å²) in [5.41, 5.74) is 0.650. The van der Waals surface area contributed by atoms with Crippen molar-refractivity contribution in [1.82, 2.24) is 4.90 Å². The Kier molecular flexibility index (Phi) is 8.63. The van der Waals surface area contributed by atoms with Crippen molar-refractivity contribution in [3.05, 3.63) is 35.1 Å². The van der Waals surface area contributed by atoms with Crippen molar-refractivity contribution < 1.29 is 33.7 Å². The van der Waals surface area contributed by atoms with Gasteiger partial charge in [0.05, 0.1) is 32.0 Å². The minimum absolute atomic E-state index is 0.241. The number of ether oxygens (including phenoxy) is 2. The first kappa shape index (κ1) is 21.3. The number of hydrogen-bond donors (Lipinski definition) is 2. The van der Waals surface area contributed by atoms with E-state index in [2.05, 4.69) is 4.90 Å².